The standard InChI is InChI=1S/C18H20N6O2S/c1-23(2)16-7-8-17(20-19-16)26-13-4-3-9-24(11-13)18(25)12-5-6-14-15(10-12)22-27-21-14/h5-8,10,13H,3-4,9,11H2,1-2H3. The molecule has 1 aliphatic rings. The van der Waals surface area contributed by atoms with Crippen LogP contribution in [0.4, 0.5) is 5.82 Å². The van der Waals surface area contributed by atoms with Gasteiger partial charge in [0.15, 0.2) is 5.82 Å². The van der Waals surface area contributed by atoms with E-state index in [9.17, 15) is 4.79 Å². The fourth-order valence-electron chi connectivity index (χ4n) is 3.10. The summed E-state index contributed by atoms with van der Waals surface area (Å²) < 4.78 is 14.3. The van der Waals surface area contributed by atoms with E-state index in [1.54, 1.807) is 6.07 Å². The average molecular weight is 384 g/mol. The maximum Gasteiger partial charge on any atom is 0.254 e. The summed E-state index contributed by atoms with van der Waals surface area (Å²) in [5, 5.41) is 8.25. The van der Waals surface area contributed by atoms with E-state index in [0.29, 0.717) is 18.0 Å². The van der Waals surface area contributed by atoms with Gasteiger partial charge < -0.3 is 14.5 Å². The van der Waals surface area contributed by atoms with Crippen LogP contribution in [0.1, 0.15) is 23.2 Å². The van der Waals surface area contributed by atoms with Gasteiger partial charge in [-0.3, -0.25) is 4.79 Å². The first-order chi connectivity index (χ1) is 13.1. The van der Waals surface area contributed by atoms with Crippen LogP contribution < -0.4 is 9.64 Å². The van der Waals surface area contributed by atoms with E-state index in [1.807, 2.05) is 48.2 Å². The Bertz CT molecular complexity index is 942. The van der Waals surface area contributed by atoms with Gasteiger partial charge in [0.25, 0.3) is 5.91 Å². The van der Waals surface area contributed by atoms with E-state index < -0.39 is 0 Å². The molecular weight excluding hydrogens is 364 g/mol. The van der Waals surface area contributed by atoms with Crippen molar-refractivity contribution in [1.82, 2.24) is 23.8 Å². The van der Waals surface area contributed by atoms with Crippen LogP contribution in [0.15, 0.2) is 30.3 Å². The second-order valence-corrected chi connectivity index (χ2v) is 7.25. The van der Waals surface area contributed by atoms with E-state index in [2.05, 4.69) is 18.9 Å². The van der Waals surface area contributed by atoms with E-state index in [0.717, 1.165) is 48.0 Å². The van der Waals surface area contributed by atoms with Gasteiger partial charge in [-0.1, -0.05) is 0 Å². The van der Waals surface area contributed by atoms with Crippen molar-refractivity contribution >= 4 is 34.5 Å². The maximum absolute atomic E-state index is 12.9. The summed E-state index contributed by atoms with van der Waals surface area (Å²) in [6.07, 6.45) is 1.68. The maximum atomic E-state index is 12.9. The lowest BCUT2D eigenvalue weighted by Gasteiger charge is -2.32. The highest BCUT2D eigenvalue weighted by Crippen LogP contribution is 2.21. The molecule has 3 aromatic rings. The predicted molar refractivity (Wildman–Crippen MR) is 103 cm³/mol. The number of hydrogen-bond acceptors (Lipinski definition) is 8. The molecule has 1 atom stereocenters. The zero-order valence-electron chi connectivity index (χ0n) is 15.2. The SMILES string of the molecule is CN(C)c1ccc(OC2CCCN(C(=O)c3ccc4nsnc4c3)C2)nn1. The van der Waals surface area contributed by atoms with Crippen molar-refractivity contribution in [3.63, 3.8) is 0 Å². The number of anilines is 1. The molecule has 2 aromatic heterocycles. The quantitative estimate of drug-likeness (QED) is 0.682. The minimum Gasteiger partial charge on any atom is -0.471 e. The molecule has 4 rings (SSSR count). The number of hydrogen-bond donors (Lipinski definition) is 0. The number of rotatable bonds is 4. The number of piperidine rings is 1. The summed E-state index contributed by atoms with van der Waals surface area (Å²) in [5.74, 6) is 1.25. The summed E-state index contributed by atoms with van der Waals surface area (Å²) in [4.78, 5) is 16.6. The molecule has 27 heavy (non-hydrogen) atoms. The van der Waals surface area contributed by atoms with Crippen LogP contribution >= 0.6 is 11.7 Å². The Morgan fingerprint density at radius 3 is 2.81 bits per heavy atom. The van der Waals surface area contributed by atoms with Crippen molar-refractivity contribution in [2.75, 3.05) is 32.1 Å². The van der Waals surface area contributed by atoms with Crippen LogP contribution in [0, 0.1) is 0 Å². The third-order valence-corrected chi connectivity index (χ3v) is 5.09. The molecule has 0 saturated carbocycles. The Morgan fingerprint density at radius 1 is 1.19 bits per heavy atom. The van der Waals surface area contributed by atoms with Gasteiger partial charge in [0.05, 0.1) is 18.3 Å². The van der Waals surface area contributed by atoms with Crippen LogP contribution in [0.3, 0.4) is 0 Å². The first-order valence-corrected chi connectivity index (χ1v) is 9.52. The van der Waals surface area contributed by atoms with Crippen LogP contribution in [0.25, 0.3) is 11.0 Å². The monoisotopic (exact) mass is 384 g/mol. The summed E-state index contributed by atoms with van der Waals surface area (Å²) in [6.45, 7) is 1.25. The Labute approximate surface area is 161 Å². The molecule has 0 spiro atoms. The van der Waals surface area contributed by atoms with E-state index in [4.69, 9.17) is 4.74 Å². The summed E-state index contributed by atoms with van der Waals surface area (Å²) in [6, 6.07) is 9.13. The summed E-state index contributed by atoms with van der Waals surface area (Å²) in [5.41, 5.74) is 2.20. The first-order valence-electron chi connectivity index (χ1n) is 8.79. The van der Waals surface area contributed by atoms with E-state index >= 15 is 0 Å². The molecule has 0 aliphatic carbocycles. The lowest BCUT2D eigenvalue weighted by atomic mass is 10.1. The number of ether oxygens (including phenoxy) is 1. The highest BCUT2D eigenvalue weighted by molar-refractivity contribution is 7.00. The first kappa shape index (κ1) is 17.6. The Kier molecular flexibility index (Phi) is 4.85. The van der Waals surface area contributed by atoms with Crippen molar-refractivity contribution in [2.24, 2.45) is 0 Å². The summed E-state index contributed by atoms with van der Waals surface area (Å²) >= 11 is 1.15. The molecule has 0 N–H and O–H groups in total. The molecule has 140 valence electrons. The molecular formula is C18H20N6O2S. The molecule has 0 radical (unpaired) electrons. The number of nitrogens with zero attached hydrogens (tertiary/aromatic N) is 6. The van der Waals surface area contributed by atoms with Gasteiger partial charge >= 0.3 is 0 Å². The fourth-order valence-corrected chi connectivity index (χ4v) is 3.62. The Balaban J connectivity index is 1.43. The lowest BCUT2D eigenvalue weighted by Crippen LogP contribution is -2.44. The fraction of sp³-hybridized carbons (Fsp3) is 0.389. The van der Waals surface area contributed by atoms with Crippen LogP contribution in [0.5, 0.6) is 5.88 Å². The van der Waals surface area contributed by atoms with Crippen molar-refractivity contribution in [3.05, 3.63) is 35.9 Å². The summed E-state index contributed by atoms with van der Waals surface area (Å²) in [7, 11) is 3.82. The lowest BCUT2D eigenvalue weighted by molar-refractivity contribution is 0.0526. The van der Waals surface area contributed by atoms with E-state index in [-0.39, 0.29) is 12.0 Å². The third kappa shape index (κ3) is 3.82. The van der Waals surface area contributed by atoms with Crippen molar-refractivity contribution in [2.45, 2.75) is 18.9 Å². The average Bonchev–Trinajstić information content (AvgIpc) is 3.16. The van der Waals surface area contributed by atoms with Gasteiger partial charge in [0, 0.05) is 32.3 Å². The largest absolute Gasteiger partial charge is 0.471 e. The third-order valence-electron chi connectivity index (χ3n) is 4.54. The molecule has 1 fully saturated rings. The second-order valence-electron chi connectivity index (χ2n) is 6.73. The van der Waals surface area contributed by atoms with Crippen LogP contribution in [0.2, 0.25) is 0 Å². The van der Waals surface area contributed by atoms with Gasteiger partial charge in [-0.15, -0.1) is 10.2 Å². The molecule has 1 amide bonds. The molecule has 0 bridgehead atoms. The zero-order chi connectivity index (χ0) is 18.8. The smallest absolute Gasteiger partial charge is 0.254 e. The van der Waals surface area contributed by atoms with Crippen molar-refractivity contribution in [1.29, 1.82) is 0 Å². The van der Waals surface area contributed by atoms with Crippen molar-refractivity contribution in [3.8, 4) is 5.88 Å². The molecule has 3 heterocycles. The highest BCUT2D eigenvalue weighted by atomic mass is 32.1. The molecule has 8 nitrogen and oxygen atoms in total. The zero-order valence-corrected chi connectivity index (χ0v) is 16.0. The van der Waals surface area contributed by atoms with Crippen LogP contribution in [-0.2, 0) is 0 Å². The molecule has 1 saturated heterocycles. The number of carbonyl (C=O) groups is 1. The number of amides is 1. The normalized spacial score (nSPS) is 17.1. The second kappa shape index (κ2) is 7.43. The number of carbonyl (C=O) groups excluding carboxylic acids is 1. The van der Waals surface area contributed by atoms with Gasteiger partial charge in [0.1, 0.15) is 17.1 Å². The van der Waals surface area contributed by atoms with Gasteiger partial charge in [0.2, 0.25) is 5.88 Å². The minimum atomic E-state index is -0.0909. The Hall–Kier alpha value is -2.81. The van der Waals surface area contributed by atoms with Crippen LogP contribution in [-0.4, -0.2) is 63.0 Å². The topological polar surface area (TPSA) is 84.3 Å². The number of likely N-dealkylation sites (tertiary alicyclic amines) is 1. The Morgan fingerprint density at radius 2 is 2.04 bits per heavy atom. The molecule has 1 aromatic carbocycles. The number of benzene rings is 1. The van der Waals surface area contributed by atoms with Gasteiger partial charge in [-0.25, -0.2) is 0 Å². The van der Waals surface area contributed by atoms with Gasteiger partial charge in [-0.05, 0) is 37.1 Å². The molecule has 9 heteroatoms. The predicted octanol–water partition coefficient (Wildman–Crippen LogP) is 2.23. The highest BCUT2D eigenvalue weighted by Gasteiger charge is 2.26. The molecule has 1 aliphatic heterocycles. The minimum absolute atomic E-state index is 0.00719. The van der Waals surface area contributed by atoms with Crippen molar-refractivity contribution < 1.29 is 9.53 Å². The molecule has 1 unspecified atom stereocenters. The number of aromatic nitrogens is 4. The number of fused-ring (bicyclic) bond motifs is 1. The van der Waals surface area contributed by atoms with E-state index in [1.165, 1.54) is 0 Å². The van der Waals surface area contributed by atoms with Gasteiger partial charge in [-0.2, -0.15) is 8.75 Å².